The Kier molecular flexibility index (Phi) is 3.13. The van der Waals surface area contributed by atoms with E-state index in [0.29, 0.717) is 17.2 Å². The third kappa shape index (κ3) is 2.54. The standard InChI is InChI=1S/C13H17NO2/c1-9-3-6-12(16-2)11(7-9)13(15)14-8-10-4-5-10/h3,6-7,10H,4-5,8H2,1-2H3,(H,14,15). The van der Waals surface area contributed by atoms with Crippen LogP contribution in [0.3, 0.4) is 0 Å². The number of nitrogens with one attached hydrogen (secondary N) is 1. The van der Waals surface area contributed by atoms with Crippen LogP contribution in [0, 0.1) is 12.8 Å². The first-order valence-corrected chi connectivity index (χ1v) is 5.63. The lowest BCUT2D eigenvalue weighted by Crippen LogP contribution is -2.26. The molecule has 1 aromatic rings. The van der Waals surface area contributed by atoms with Crippen molar-refractivity contribution in [3.8, 4) is 5.75 Å². The molecule has 3 nitrogen and oxygen atoms in total. The normalized spacial score (nSPS) is 14.6. The van der Waals surface area contributed by atoms with Gasteiger partial charge in [0.2, 0.25) is 0 Å². The molecule has 3 heteroatoms. The van der Waals surface area contributed by atoms with E-state index in [4.69, 9.17) is 4.74 Å². The van der Waals surface area contributed by atoms with Crippen molar-refractivity contribution >= 4 is 5.91 Å². The van der Waals surface area contributed by atoms with Gasteiger partial charge in [0.05, 0.1) is 12.7 Å². The van der Waals surface area contributed by atoms with Gasteiger partial charge in [-0.25, -0.2) is 0 Å². The number of carbonyl (C=O) groups excluding carboxylic acids is 1. The minimum atomic E-state index is -0.0348. The molecule has 86 valence electrons. The van der Waals surface area contributed by atoms with Gasteiger partial charge in [0.15, 0.2) is 0 Å². The second kappa shape index (κ2) is 4.56. The van der Waals surface area contributed by atoms with Crippen molar-refractivity contribution in [3.05, 3.63) is 29.3 Å². The molecule has 0 atom stereocenters. The molecular formula is C13H17NO2. The molecule has 0 aliphatic heterocycles. The quantitative estimate of drug-likeness (QED) is 0.842. The largest absolute Gasteiger partial charge is 0.496 e. The molecule has 0 bridgehead atoms. The third-order valence-corrected chi connectivity index (χ3v) is 2.85. The summed E-state index contributed by atoms with van der Waals surface area (Å²) in [6.07, 6.45) is 2.48. The van der Waals surface area contributed by atoms with E-state index < -0.39 is 0 Å². The van der Waals surface area contributed by atoms with Gasteiger partial charge < -0.3 is 10.1 Å². The van der Waals surface area contributed by atoms with E-state index in [1.807, 2.05) is 25.1 Å². The van der Waals surface area contributed by atoms with Crippen LogP contribution in [-0.2, 0) is 0 Å². The van der Waals surface area contributed by atoms with Crippen LogP contribution in [0.4, 0.5) is 0 Å². The number of methoxy groups -OCH3 is 1. The topological polar surface area (TPSA) is 38.3 Å². The molecule has 0 heterocycles. The molecule has 1 saturated carbocycles. The predicted molar refractivity (Wildman–Crippen MR) is 62.8 cm³/mol. The summed E-state index contributed by atoms with van der Waals surface area (Å²) >= 11 is 0. The Balaban J connectivity index is 2.09. The Hall–Kier alpha value is -1.51. The molecule has 1 fully saturated rings. The van der Waals surface area contributed by atoms with Crippen molar-refractivity contribution in [1.29, 1.82) is 0 Å². The number of aryl methyl sites for hydroxylation is 1. The Labute approximate surface area is 95.8 Å². The summed E-state index contributed by atoms with van der Waals surface area (Å²) in [6, 6.07) is 5.64. The molecule has 1 N–H and O–H groups in total. The summed E-state index contributed by atoms with van der Waals surface area (Å²) in [5.41, 5.74) is 1.69. The van der Waals surface area contributed by atoms with Crippen LogP contribution >= 0.6 is 0 Å². The zero-order chi connectivity index (χ0) is 11.5. The van der Waals surface area contributed by atoms with E-state index in [2.05, 4.69) is 5.32 Å². The molecule has 2 rings (SSSR count). The van der Waals surface area contributed by atoms with Crippen molar-refractivity contribution in [1.82, 2.24) is 5.32 Å². The summed E-state index contributed by atoms with van der Waals surface area (Å²) in [4.78, 5) is 11.9. The molecular weight excluding hydrogens is 202 g/mol. The molecule has 0 saturated heterocycles. The number of hydrogen-bond acceptors (Lipinski definition) is 2. The molecule has 1 aliphatic carbocycles. The fourth-order valence-electron chi connectivity index (χ4n) is 1.65. The monoisotopic (exact) mass is 219 g/mol. The van der Waals surface area contributed by atoms with Crippen LogP contribution < -0.4 is 10.1 Å². The van der Waals surface area contributed by atoms with Gasteiger partial charge in [-0.15, -0.1) is 0 Å². The van der Waals surface area contributed by atoms with E-state index in [1.54, 1.807) is 7.11 Å². The molecule has 1 amide bonds. The minimum Gasteiger partial charge on any atom is -0.496 e. The lowest BCUT2D eigenvalue weighted by atomic mass is 10.1. The summed E-state index contributed by atoms with van der Waals surface area (Å²) in [6.45, 7) is 2.76. The summed E-state index contributed by atoms with van der Waals surface area (Å²) in [5, 5.41) is 2.94. The number of rotatable bonds is 4. The zero-order valence-electron chi connectivity index (χ0n) is 9.75. The highest BCUT2D eigenvalue weighted by Crippen LogP contribution is 2.28. The molecule has 0 radical (unpaired) electrons. The Morgan fingerprint density at radius 3 is 2.88 bits per heavy atom. The Bertz CT molecular complexity index is 397. The average molecular weight is 219 g/mol. The smallest absolute Gasteiger partial charge is 0.255 e. The van der Waals surface area contributed by atoms with Crippen LogP contribution in [-0.4, -0.2) is 19.6 Å². The first-order chi connectivity index (χ1) is 7.70. The van der Waals surface area contributed by atoms with Crippen molar-refractivity contribution in [2.45, 2.75) is 19.8 Å². The van der Waals surface area contributed by atoms with Crippen molar-refractivity contribution < 1.29 is 9.53 Å². The van der Waals surface area contributed by atoms with Crippen LogP contribution in [0.5, 0.6) is 5.75 Å². The lowest BCUT2D eigenvalue weighted by Gasteiger charge is -2.09. The number of ether oxygens (including phenoxy) is 1. The Morgan fingerprint density at radius 2 is 2.25 bits per heavy atom. The van der Waals surface area contributed by atoms with E-state index in [0.717, 1.165) is 12.1 Å². The van der Waals surface area contributed by atoms with E-state index in [9.17, 15) is 4.79 Å². The van der Waals surface area contributed by atoms with Gasteiger partial charge in [-0.3, -0.25) is 4.79 Å². The number of amides is 1. The highest BCUT2D eigenvalue weighted by atomic mass is 16.5. The first kappa shape index (κ1) is 11.0. The summed E-state index contributed by atoms with van der Waals surface area (Å²) in [7, 11) is 1.59. The summed E-state index contributed by atoms with van der Waals surface area (Å²) in [5.74, 6) is 1.30. The second-order valence-electron chi connectivity index (χ2n) is 4.36. The van der Waals surface area contributed by atoms with Gasteiger partial charge in [0, 0.05) is 6.54 Å². The number of benzene rings is 1. The SMILES string of the molecule is COc1ccc(C)cc1C(=O)NCC1CC1. The van der Waals surface area contributed by atoms with E-state index >= 15 is 0 Å². The highest BCUT2D eigenvalue weighted by Gasteiger charge is 2.22. The van der Waals surface area contributed by atoms with Crippen LogP contribution in [0.2, 0.25) is 0 Å². The molecule has 1 aliphatic rings. The van der Waals surface area contributed by atoms with Crippen LogP contribution in [0.15, 0.2) is 18.2 Å². The van der Waals surface area contributed by atoms with Crippen LogP contribution in [0.25, 0.3) is 0 Å². The maximum Gasteiger partial charge on any atom is 0.255 e. The van der Waals surface area contributed by atoms with Gasteiger partial charge in [-0.1, -0.05) is 11.6 Å². The minimum absolute atomic E-state index is 0.0348. The number of carbonyl (C=O) groups is 1. The van der Waals surface area contributed by atoms with Gasteiger partial charge in [-0.2, -0.15) is 0 Å². The predicted octanol–water partition coefficient (Wildman–Crippen LogP) is 2.14. The van der Waals surface area contributed by atoms with Crippen molar-refractivity contribution in [2.24, 2.45) is 5.92 Å². The van der Waals surface area contributed by atoms with E-state index in [-0.39, 0.29) is 5.91 Å². The first-order valence-electron chi connectivity index (χ1n) is 5.63. The highest BCUT2D eigenvalue weighted by molar-refractivity contribution is 5.97. The zero-order valence-corrected chi connectivity index (χ0v) is 9.75. The summed E-state index contributed by atoms with van der Waals surface area (Å²) < 4.78 is 5.18. The maximum absolute atomic E-state index is 11.9. The average Bonchev–Trinajstić information content (AvgIpc) is 3.09. The molecule has 16 heavy (non-hydrogen) atoms. The number of hydrogen-bond donors (Lipinski definition) is 1. The van der Waals surface area contributed by atoms with Gasteiger partial charge in [0.1, 0.15) is 5.75 Å². The van der Waals surface area contributed by atoms with Crippen molar-refractivity contribution in [2.75, 3.05) is 13.7 Å². The molecule has 0 spiro atoms. The second-order valence-corrected chi connectivity index (χ2v) is 4.36. The Morgan fingerprint density at radius 1 is 1.50 bits per heavy atom. The van der Waals surface area contributed by atoms with E-state index in [1.165, 1.54) is 12.8 Å². The maximum atomic E-state index is 11.9. The fourth-order valence-corrected chi connectivity index (χ4v) is 1.65. The third-order valence-electron chi connectivity index (χ3n) is 2.85. The fraction of sp³-hybridized carbons (Fsp3) is 0.462. The molecule has 0 unspecified atom stereocenters. The van der Waals surface area contributed by atoms with Crippen molar-refractivity contribution in [3.63, 3.8) is 0 Å². The van der Waals surface area contributed by atoms with Gasteiger partial charge >= 0.3 is 0 Å². The van der Waals surface area contributed by atoms with Gasteiger partial charge in [0.25, 0.3) is 5.91 Å². The van der Waals surface area contributed by atoms with Crippen LogP contribution in [0.1, 0.15) is 28.8 Å². The molecule has 1 aromatic carbocycles. The molecule has 0 aromatic heterocycles. The van der Waals surface area contributed by atoms with Gasteiger partial charge in [-0.05, 0) is 37.8 Å². The lowest BCUT2D eigenvalue weighted by molar-refractivity contribution is 0.0948.